The number of rotatable bonds is 0. The molecule has 0 fully saturated rings. The second-order valence-corrected chi connectivity index (χ2v) is 2.97. The maximum atomic E-state index is 11.3. The first kappa shape index (κ1) is 7.75. The van der Waals surface area contributed by atoms with Crippen LogP contribution in [0.5, 0.6) is 0 Å². The van der Waals surface area contributed by atoms with Crippen LogP contribution >= 0.6 is 0 Å². The summed E-state index contributed by atoms with van der Waals surface area (Å²) in [5.41, 5.74) is 2.25. The van der Waals surface area contributed by atoms with Crippen molar-refractivity contribution in [2.24, 2.45) is 0 Å². The number of ketones is 1. The molecule has 2 rings (SSSR count). The molecular weight excluding hydrogens is 162 g/mol. The first-order chi connectivity index (χ1) is 6.31. The predicted molar refractivity (Wildman–Crippen MR) is 48.7 cm³/mol. The number of carbonyl (C=O) groups is 1. The van der Waals surface area contributed by atoms with E-state index in [1.165, 1.54) is 0 Å². The van der Waals surface area contributed by atoms with Crippen molar-refractivity contribution in [2.75, 3.05) is 0 Å². The van der Waals surface area contributed by atoms with E-state index in [1.807, 2.05) is 30.3 Å². The predicted octanol–water partition coefficient (Wildman–Crippen LogP) is 1.72. The summed E-state index contributed by atoms with van der Waals surface area (Å²) in [5, 5.41) is 8.65. The normalized spacial score (nSPS) is 14.4. The summed E-state index contributed by atoms with van der Waals surface area (Å²) in [6, 6.07) is 9.54. The Morgan fingerprint density at radius 1 is 1.31 bits per heavy atom. The van der Waals surface area contributed by atoms with E-state index in [0.717, 1.165) is 11.1 Å². The molecule has 0 spiro atoms. The van der Waals surface area contributed by atoms with Gasteiger partial charge in [-0.1, -0.05) is 24.3 Å². The lowest BCUT2D eigenvalue weighted by Gasteiger charge is -2.10. The number of carbonyl (C=O) groups excluding carboxylic acids is 1. The van der Waals surface area contributed by atoms with Crippen LogP contribution < -0.4 is 0 Å². The lowest BCUT2D eigenvalue weighted by molar-refractivity contribution is -0.114. The molecule has 0 atom stereocenters. The molecular formula is C11H7NO. The molecule has 1 aliphatic rings. The maximum Gasteiger partial charge on any atom is 0.177 e. The Morgan fingerprint density at radius 3 is 2.85 bits per heavy atom. The largest absolute Gasteiger partial charge is 0.293 e. The zero-order valence-electron chi connectivity index (χ0n) is 6.95. The Labute approximate surface area is 76.1 Å². The molecule has 0 bridgehead atoms. The quantitative estimate of drug-likeness (QED) is 0.593. The van der Waals surface area contributed by atoms with Crippen molar-refractivity contribution in [3.05, 3.63) is 41.0 Å². The van der Waals surface area contributed by atoms with E-state index in [4.69, 9.17) is 5.26 Å². The lowest BCUT2D eigenvalue weighted by Crippen LogP contribution is -2.10. The SMILES string of the molecule is N#CC1=Cc2ccccc2CC1=O. The minimum absolute atomic E-state index is 0.0822. The Bertz CT molecular complexity index is 438. The van der Waals surface area contributed by atoms with Gasteiger partial charge in [-0.2, -0.15) is 5.26 Å². The van der Waals surface area contributed by atoms with E-state index >= 15 is 0 Å². The zero-order chi connectivity index (χ0) is 9.26. The highest BCUT2D eigenvalue weighted by molar-refractivity contribution is 6.06. The van der Waals surface area contributed by atoms with E-state index < -0.39 is 0 Å². The van der Waals surface area contributed by atoms with Crippen LogP contribution in [0.15, 0.2) is 29.8 Å². The molecule has 13 heavy (non-hydrogen) atoms. The van der Waals surface area contributed by atoms with Crippen LogP contribution in [0.25, 0.3) is 6.08 Å². The van der Waals surface area contributed by atoms with Gasteiger partial charge < -0.3 is 0 Å². The topological polar surface area (TPSA) is 40.9 Å². The fourth-order valence-electron chi connectivity index (χ4n) is 1.43. The number of fused-ring (bicyclic) bond motifs is 1. The third kappa shape index (κ3) is 1.25. The van der Waals surface area contributed by atoms with Crippen LogP contribution in [0.2, 0.25) is 0 Å². The molecule has 0 aliphatic heterocycles. The van der Waals surface area contributed by atoms with Crippen molar-refractivity contribution >= 4 is 11.9 Å². The van der Waals surface area contributed by atoms with Gasteiger partial charge in [0.1, 0.15) is 6.07 Å². The fraction of sp³-hybridized carbons (Fsp3) is 0.0909. The molecule has 0 amide bonds. The van der Waals surface area contributed by atoms with Gasteiger partial charge in [-0.25, -0.2) is 0 Å². The number of hydrogen-bond donors (Lipinski definition) is 0. The van der Waals surface area contributed by atoms with Crippen molar-refractivity contribution in [1.29, 1.82) is 5.26 Å². The fourth-order valence-corrected chi connectivity index (χ4v) is 1.43. The number of hydrogen-bond acceptors (Lipinski definition) is 2. The molecule has 1 aromatic carbocycles. The summed E-state index contributed by atoms with van der Waals surface area (Å²) in [4.78, 5) is 11.3. The highest BCUT2D eigenvalue weighted by atomic mass is 16.1. The molecule has 0 saturated carbocycles. The van der Waals surface area contributed by atoms with E-state index in [2.05, 4.69) is 0 Å². The van der Waals surface area contributed by atoms with Gasteiger partial charge in [0.25, 0.3) is 0 Å². The second kappa shape index (κ2) is 2.87. The van der Waals surface area contributed by atoms with E-state index in [1.54, 1.807) is 6.08 Å². The molecule has 0 heterocycles. The van der Waals surface area contributed by atoms with Crippen molar-refractivity contribution in [2.45, 2.75) is 6.42 Å². The minimum atomic E-state index is -0.0822. The van der Waals surface area contributed by atoms with Gasteiger partial charge >= 0.3 is 0 Å². The molecule has 62 valence electrons. The van der Waals surface area contributed by atoms with Crippen LogP contribution in [0.3, 0.4) is 0 Å². The third-order valence-corrected chi connectivity index (χ3v) is 2.13. The lowest BCUT2D eigenvalue weighted by atomic mass is 9.92. The summed E-state index contributed by atoms with van der Waals surface area (Å²) in [6.07, 6.45) is 2.01. The van der Waals surface area contributed by atoms with Crippen molar-refractivity contribution in [3.8, 4) is 6.07 Å². The Kier molecular flexibility index (Phi) is 1.71. The molecule has 0 N–H and O–H groups in total. The molecule has 1 aromatic rings. The third-order valence-electron chi connectivity index (χ3n) is 2.13. The van der Waals surface area contributed by atoms with E-state index in [0.29, 0.717) is 6.42 Å². The highest BCUT2D eigenvalue weighted by Crippen LogP contribution is 2.20. The molecule has 0 saturated heterocycles. The summed E-state index contributed by atoms with van der Waals surface area (Å²) in [6.45, 7) is 0. The van der Waals surface area contributed by atoms with Gasteiger partial charge in [0, 0.05) is 6.42 Å². The average molecular weight is 169 g/mol. The van der Waals surface area contributed by atoms with E-state index in [9.17, 15) is 4.79 Å². The number of benzene rings is 1. The van der Waals surface area contributed by atoms with Crippen molar-refractivity contribution in [1.82, 2.24) is 0 Å². The molecule has 1 aliphatic carbocycles. The first-order valence-electron chi connectivity index (χ1n) is 4.04. The molecule has 0 radical (unpaired) electrons. The summed E-state index contributed by atoms with van der Waals surface area (Å²) < 4.78 is 0. The summed E-state index contributed by atoms with van der Waals surface area (Å²) >= 11 is 0. The number of nitriles is 1. The summed E-state index contributed by atoms with van der Waals surface area (Å²) in [7, 11) is 0. The monoisotopic (exact) mass is 169 g/mol. The smallest absolute Gasteiger partial charge is 0.177 e. The van der Waals surface area contributed by atoms with Crippen LogP contribution in [-0.4, -0.2) is 5.78 Å². The molecule has 0 unspecified atom stereocenters. The number of allylic oxidation sites excluding steroid dienone is 1. The van der Waals surface area contributed by atoms with Crippen LogP contribution in [-0.2, 0) is 11.2 Å². The Hall–Kier alpha value is -1.88. The maximum absolute atomic E-state index is 11.3. The van der Waals surface area contributed by atoms with Crippen LogP contribution in [0.4, 0.5) is 0 Å². The van der Waals surface area contributed by atoms with Crippen molar-refractivity contribution in [3.63, 3.8) is 0 Å². The minimum Gasteiger partial charge on any atom is -0.293 e. The van der Waals surface area contributed by atoms with Gasteiger partial charge in [0.05, 0.1) is 5.57 Å². The zero-order valence-corrected chi connectivity index (χ0v) is 6.95. The summed E-state index contributed by atoms with van der Waals surface area (Å²) in [5.74, 6) is -0.0822. The van der Waals surface area contributed by atoms with Crippen LogP contribution in [0.1, 0.15) is 11.1 Å². The molecule has 2 heteroatoms. The van der Waals surface area contributed by atoms with Gasteiger partial charge in [-0.05, 0) is 17.2 Å². The second-order valence-electron chi connectivity index (χ2n) is 2.97. The van der Waals surface area contributed by atoms with E-state index in [-0.39, 0.29) is 11.4 Å². The van der Waals surface area contributed by atoms with Crippen LogP contribution in [0, 0.1) is 11.3 Å². The Balaban J connectivity index is 2.58. The average Bonchev–Trinajstić information content (AvgIpc) is 2.17. The first-order valence-corrected chi connectivity index (χ1v) is 4.04. The number of nitrogens with zero attached hydrogens (tertiary/aromatic N) is 1. The molecule has 0 aromatic heterocycles. The highest BCUT2D eigenvalue weighted by Gasteiger charge is 2.16. The van der Waals surface area contributed by atoms with Crippen molar-refractivity contribution < 1.29 is 4.79 Å². The number of Topliss-reactive ketones (excluding diaryl/α,β-unsaturated/α-hetero) is 1. The van der Waals surface area contributed by atoms with Gasteiger partial charge in [-0.3, -0.25) is 4.79 Å². The van der Waals surface area contributed by atoms with Gasteiger partial charge in [0.2, 0.25) is 0 Å². The molecule has 2 nitrogen and oxygen atoms in total. The van der Waals surface area contributed by atoms with Gasteiger partial charge in [0.15, 0.2) is 5.78 Å². The van der Waals surface area contributed by atoms with Gasteiger partial charge in [-0.15, -0.1) is 0 Å². The standard InChI is InChI=1S/C11H7NO/c12-7-10-5-8-3-1-2-4-9(8)6-11(10)13/h1-5H,6H2. The Morgan fingerprint density at radius 2 is 2.08 bits per heavy atom.